The van der Waals surface area contributed by atoms with Gasteiger partial charge in [-0.05, 0) is 18.2 Å². The first-order valence-electron chi connectivity index (χ1n) is 6.62. The molecular formula is C14H16ClNO4S2. The maximum atomic E-state index is 12.6. The molecule has 0 spiro atoms. The van der Waals surface area contributed by atoms with Crippen LogP contribution in [0.1, 0.15) is 17.9 Å². The van der Waals surface area contributed by atoms with E-state index in [-0.39, 0.29) is 17.4 Å². The number of halogens is 1. The van der Waals surface area contributed by atoms with E-state index in [1.165, 1.54) is 28.8 Å². The van der Waals surface area contributed by atoms with E-state index in [4.69, 9.17) is 11.6 Å². The van der Waals surface area contributed by atoms with Gasteiger partial charge in [0.05, 0.1) is 0 Å². The van der Waals surface area contributed by atoms with E-state index in [0.717, 1.165) is 0 Å². The van der Waals surface area contributed by atoms with Gasteiger partial charge in [0.2, 0.25) is 5.91 Å². The van der Waals surface area contributed by atoms with Crippen LogP contribution in [0.25, 0.3) is 0 Å². The summed E-state index contributed by atoms with van der Waals surface area (Å²) in [5, 5.41) is 19.2. The number of thiol groups is 1. The lowest BCUT2D eigenvalue weighted by Crippen LogP contribution is -2.45. The summed E-state index contributed by atoms with van der Waals surface area (Å²) in [6.45, 7) is 1.70. The Hall–Kier alpha value is -1.05. The molecule has 1 saturated heterocycles. The van der Waals surface area contributed by atoms with Crippen molar-refractivity contribution in [3.8, 4) is 5.75 Å². The Morgan fingerprint density at radius 3 is 2.82 bits per heavy atom. The number of hydrogen-bond acceptors (Lipinski definition) is 5. The van der Waals surface area contributed by atoms with Crippen molar-refractivity contribution < 1.29 is 19.8 Å². The fraction of sp³-hybridized carbons (Fsp3) is 0.429. The summed E-state index contributed by atoms with van der Waals surface area (Å²) in [4.78, 5) is 25.3. The van der Waals surface area contributed by atoms with Crippen LogP contribution in [0.5, 0.6) is 5.75 Å². The van der Waals surface area contributed by atoms with Crippen LogP contribution in [-0.4, -0.2) is 44.5 Å². The predicted octanol–water partition coefficient (Wildman–Crippen LogP) is 2.64. The zero-order chi connectivity index (χ0) is 16.4. The van der Waals surface area contributed by atoms with Gasteiger partial charge in [-0.25, -0.2) is 4.79 Å². The maximum absolute atomic E-state index is 12.6. The number of thioether (sulfide) groups is 1. The van der Waals surface area contributed by atoms with Crippen molar-refractivity contribution in [2.75, 3.05) is 11.5 Å². The molecule has 5 nitrogen and oxygen atoms in total. The summed E-state index contributed by atoms with van der Waals surface area (Å²) in [6, 6.07) is 3.61. The van der Waals surface area contributed by atoms with Gasteiger partial charge >= 0.3 is 5.97 Å². The molecule has 0 bridgehead atoms. The molecule has 3 atom stereocenters. The monoisotopic (exact) mass is 361 g/mol. The average Bonchev–Trinajstić information content (AvgIpc) is 2.92. The number of aliphatic carboxylic acids is 1. The molecule has 1 aromatic carbocycles. The van der Waals surface area contributed by atoms with Gasteiger partial charge in [0.25, 0.3) is 0 Å². The zero-order valence-corrected chi connectivity index (χ0v) is 14.2. The number of amides is 1. The van der Waals surface area contributed by atoms with Gasteiger partial charge in [-0.2, -0.15) is 12.6 Å². The molecule has 1 aromatic rings. The minimum atomic E-state index is -1.06. The Morgan fingerprint density at radius 2 is 2.23 bits per heavy atom. The van der Waals surface area contributed by atoms with E-state index < -0.39 is 23.3 Å². The molecule has 1 aliphatic heterocycles. The highest BCUT2D eigenvalue weighted by molar-refractivity contribution is 7.99. The number of rotatable bonds is 4. The molecule has 1 fully saturated rings. The number of carbonyl (C=O) groups excluding carboxylic acids is 1. The molecule has 2 rings (SSSR count). The summed E-state index contributed by atoms with van der Waals surface area (Å²) in [7, 11) is 0. The fourth-order valence-electron chi connectivity index (χ4n) is 2.26. The maximum Gasteiger partial charge on any atom is 0.327 e. The van der Waals surface area contributed by atoms with Gasteiger partial charge in [0.1, 0.15) is 17.2 Å². The zero-order valence-electron chi connectivity index (χ0n) is 11.8. The summed E-state index contributed by atoms with van der Waals surface area (Å²) in [6.07, 6.45) is 0. The van der Waals surface area contributed by atoms with Gasteiger partial charge in [-0.15, -0.1) is 11.8 Å². The van der Waals surface area contributed by atoms with Crippen LogP contribution < -0.4 is 0 Å². The first-order chi connectivity index (χ1) is 10.4. The van der Waals surface area contributed by atoms with Gasteiger partial charge in [-0.3, -0.25) is 4.79 Å². The molecule has 0 saturated carbocycles. The van der Waals surface area contributed by atoms with Crippen LogP contribution in [0.15, 0.2) is 18.2 Å². The number of benzene rings is 1. The van der Waals surface area contributed by atoms with Crippen molar-refractivity contribution in [1.29, 1.82) is 0 Å². The van der Waals surface area contributed by atoms with E-state index in [1.807, 2.05) is 0 Å². The molecular weight excluding hydrogens is 346 g/mol. The van der Waals surface area contributed by atoms with Crippen molar-refractivity contribution in [1.82, 2.24) is 4.90 Å². The molecule has 120 valence electrons. The Morgan fingerprint density at radius 1 is 1.55 bits per heavy atom. The van der Waals surface area contributed by atoms with Crippen molar-refractivity contribution in [2.45, 2.75) is 18.3 Å². The number of nitrogens with zero attached hydrogens (tertiary/aromatic N) is 1. The number of aromatic hydroxyl groups is 1. The summed E-state index contributed by atoms with van der Waals surface area (Å²) < 4.78 is 0. The third kappa shape index (κ3) is 3.31. The second-order valence-corrected chi connectivity index (χ2v) is 6.99. The SMILES string of the molecule is C[C@H](CS)C(=O)N1C(c2cc(Cl)ccc2O)SC[C@H]1C(=O)O. The topological polar surface area (TPSA) is 77.8 Å². The lowest BCUT2D eigenvalue weighted by Gasteiger charge is -2.30. The first kappa shape index (κ1) is 17.3. The average molecular weight is 362 g/mol. The third-order valence-electron chi connectivity index (χ3n) is 3.49. The van der Waals surface area contributed by atoms with Crippen molar-refractivity contribution in [3.05, 3.63) is 28.8 Å². The summed E-state index contributed by atoms with van der Waals surface area (Å²) in [5.74, 6) is -1.19. The minimum absolute atomic E-state index is 0.00994. The minimum Gasteiger partial charge on any atom is -0.508 e. The Kier molecular flexibility index (Phi) is 5.52. The van der Waals surface area contributed by atoms with Crippen molar-refractivity contribution in [2.24, 2.45) is 5.92 Å². The molecule has 2 N–H and O–H groups in total. The molecule has 8 heteroatoms. The van der Waals surface area contributed by atoms with E-state index in [1.54, 1.807) is 13.0 Å². The normalized spacial score (nSPS) is 22.6. The van der Waals surface area contributed by atoms with E-state index in [0.29, 0.717) is 16.3 Å². The largest absolute Gasteiger partial charge is 0.508 e. The standard InChI is InChI=1S/C14H16ClNO4S2/c1-7(5-21)12(18)16-10(14(19)20)6-22-13(16)9-4-8(15)2-3-11(9)17/h2-4,7,10,13,17,21H,5-6H2,1H3,(H,19,20)/t7-,10+,13?/m1/s1. The molecule has 1 heterocycles. The van der Waals surface area contributed by atoms with Crippen LogP contribution in [0.3, 0.4) is 0 Å². The van der Waals surface area contributed by atoms with Crippen LogP contribution >= 0.6 is 36.0 Å². The number of carboxylic acids is 1. The molecule has 0 radical (unpaired) electrons. The summed E-state index contributed by atoms with van der Waals surface area (Å²) >= 11 is 11.4. The van der Waals surface area contributed by atoms with Crippen LogP contribution in [0.4, 0.5) is 0 Å². The molecule has 22 heavy (non-hydrogen) atoms. The second kappa shape index (κ2) is 7.02. The Balaban J connectivity index is 2.43. The van der Waals surface area contributed by atoms with Gasteiger partial charge in [0.15, 0.2) is 0 Å². The smallest absolute Gasteiger partial charge is 0.327 e. The fourth-order valence-corrected chi connectivity index (χ4v) is 4.05. The number of phenolic OH excluding ortho intramolecular Hbond substituents is 1. The second-order valence-electron chi connectivity index (χ2n) is 5.07. The van der Waals surface area contributed by atoms with E-state index in [2.05, 4.69) is 12.6 Å². The van der Waals surface area contributed by atoms with Crippen LogP contribution in [0, 0.1) is 5.92 Å². The summed E-state index contributed by atoms with van der Waals surface area (Å²) in [5.41, 5.74) is 0.445. The van der Waals surface area contributed by atoms with Gasteiger partial charge in [0, 0.05) is 28.0 Å². The number of carboxylic acid groups (broad SMARTS) is 1. The molecule has 0 aliphatic carbocycles. The van der Waals surface area contributed by atoms with Gasteiger partial charge in [-0.1, -0.05) is 18.5 Å². The number of carbonyl (C=O) groups is 2. The highest BCUT2D eigenvalue weighted by Crippen LogP contribution is 2.45. The highest BCUT2D eigenvalue weighted by atomic mass is 35.5. The van der Waals surface area contributed by atoms with E-state index >= 15 is 0 Å². The lowest BCUT2D eigenvalue weighted by atomic mass is 10.1. The van der Waals surface area contributed by atoms with Crippen LogP contribution in [-0.2, 0) is 9.59 Å². The Bertz CT molecular complexity index is 598. The quantitative estimate of drug-likeness (QED) is 0.718. The molecule has 1 aliphatic rings. The highest BCUT2D eigenvalue weighted by Gasteiger charge is 2.44. The number of hydrogen-bond donors (Lipinski definition) is 3. The molecule has 1 amide bonds. The van der Waals surface area contributed by atoms with Crippen molar-refractivity contribution in [3.63, 3.8) is 0 Å². The molecule has 1 unspecified atom stereocenters. The first-order valence-corrected chi connectivity index (χ1v) is 8.68. The lowest BCUT2D eigenvalue weighted by molar-refractivity contribution is -0.150. The third-order valence-corrected chi connectivity index (χ3v) is 5.58. The van der Waals surface area contributed by atoms with Crippen LogP contribution in [0.2, 0.25) is 5.02 Å². The predicted molar refractivity (Wildman–Crippen MR) is 89.6 cm³/mol. The number of phenols is 1. The van der Waals surface area contributed by atoms with Crippen molar-refractivity contribution >= 4 is 47.9 Å². The molecule has 0 aromatic heterocycles. The van der Waals surface area contributed by atoms with E-state index in [9.17, 15) is 19.8 Å². The van der Waals surface area contributed by atoms with Gasteiger partial charge < -0.3 is 15.1 Å². The Labute approximate surface area is 143 Å².